The molecule has 80 valence electrons. The number of hydrogen-bond donors (Lipinski definition) is 0. The van der Waals surface area contributed by atoms with Gasteiger partial charge in [-0.3, -0.25) is 0 Å². The van der Waals surface area contributed by atoms with Gasteiger partial charge in [0.05, 0.1) is 6.04 Å². The van der Waals surface area contributed by atoms with Crippen molar-refractivity contribution >= 4 is 6.08 Å². The van der Waals surface area contributed by atoms with Crippen molar-refractivity contribution in [3.8, 4) is 11.8 Å². The second-order valence-electron chi connectivity index (χ2n) is 4.65. The molecule has 15 heavy (non-hydrogen) atoms. The normalized spacial score (nSPS) is 34.8. The number of isocyanates is 1. The fourth-order valence-corrected chi connectivity index (χ4v) is 2.83. The minimum atomic E-state index is 0.258. The summed E-state index contributed by atoms with van der Waals surface area (Å²) in [7, 11) is 0. The summed E-state index contributed by atoms with van der Waals surface area (Å²) in [6, 6.07) is 0.258. The highest BCUT2D eigenvalue weighted by molar-refractivity contribution is 5.33. The molecule has 0 aromatic rings. The first-order valence-electron chi connectivity index (χ1n) is 5.93. The Labute approximate surface area is 91.2 Å². The van der Waals surface area contributed by atoms with Gasteiger partial charge in [-0.1, -0.05) is 0 Å². The lowest BCUT2D eigenvalue weighted by molar-refractivity contribution is 0.225. The largest absolute Gasteiger partial charge is 0.235 e. The summed E-state index contributed by atoms with van der Waals surface area (Å²) in [5.41, 5.74) is 0. The van der Waals surface area contributed by atoms with Crippen LogP contribution < -0.4 is 0 Å². The molecule has 2 rings (SSSR count). The van der Waals surface area contributed by atoms with Gasteiger partial charge >= 0.3 is 0 Å². The fraction of sp³-hybridized carbons (Fsp3) is 0.769. The second-order valence-corrected chi connectivity index (χ2v) is 4.65. The first kappa shape index (κ1) is 10.5. The average molecular weight is 203 g/mol. The standard InChI is InChI=1S/C13H17NO/c15-10-14-13-8-6-12(7-9-13)11-4-2-1-3-5-11/h11-13H,2,4-9H2. The number of aliphatic imine (C=N–C) groups is 1. The van der Waals surface area contributed by atoms with E-state index in [0.717, 1.165) is 37.5 Å². The Balaban J connectivity index is 1.83. The predicted octanol–water partition coefficient (Wildman–Crippen LogP) is 2.68. The van der Waals surface area contributed by atoms with Gasteiger partial charge in [0.15, 0.2) is 0 Å². The van der Waals surface area contributed by atoms with Crippen LogP contribution in [0.2, 0.25) is 0 Å². The number of carbonyl (C=O) groups excluding carboxylic acids is 1. The van der Waals surface area contributed by atoms with E-state index in [4.69, 9.17) is 0 Å². The summed E-state index contributed by atoms with van der Waals surface area (Å²) in [6.45, 7) is 0. The van der Waals surface area contributed by atoms with E-state index < -0.39 is 0 Å². The minimum absolute atomic E-state index is 0.258. The van der Waals surface area contributed by atoms with E-state index in [1.807, 2.05) is 0 Å². The lowest BCUT2D eigenvalue weighted by atomic mass is 9.74. The van der Waals surface area contributed by atoms with Crippen LogP contribution in [0.3, 0.4) is 0 Å². The van der Waals surface area contributed by atoms with Crippen LogP contribution in [0.4, 0.5) is 0 Å². The van der Waals surface area contributed by atoms with Crippen molar-refractivity contribution in [2.75, 3.05) is 0 Å². The summed E-state index contributed by atoms with van der Waals surface area (Å²) in [5, 5.41) is 0. The Hall–Kier alpha value is -1.06. The molecule has 0 aliphatic heterocycles. The molecule has 1 saturated carbocycles. The maximum atomic E-state index is 10.1. The van der Waals surface area contributed by atoms with Crippen LogP contribution in [-0.4, -0.2) is 12.1 Å². The van der Waals surface area contributed by atoms with Crippen molar-refractivity contribution in [3.63, 3.8) is 0 Å². The molecule has 2 aliphatic rings. The van der Waals surface area contributed by atoms with E-state index in [-0.39, 0.29) is 6.04 Å². The van der Waals surface area contributed by atoms with Gasteiger partial charge in [-0.2, -0.15) is 0 Å². The quantitative estimate of drug-likeness (QED) is 0.385. The van der Waals surface area contributed by atoms with Crippen LogP contribution in [0.25, 0.3) is 0 Å². The van der Waals surface area contributed by atoms with E-state index in [2.05, 4.69) is 16.8 Å². The van der Waals surface area contributed by atoms with Crippen LogP contribution in [0.1, 0.15) is 44.9 Å². The summed E-state index contributed by atoms with van der Waals surface area (Å²) in [6.07, 6.45) is 9.73. The van der Waals surface area contributed by atoms with Crippen LogP contribution in [-0.2, 0) is 4.79 Å². The zero-order valence-corrected chi connectivity index (χ0v) is 9.04. The molecule has 0 N–H and O–H groups in total. The maximum absolute atomic E-state index is 10.1. The molecule has 0 bridgehead atoms. The first-order chi connectivity index (χ1) is 7.40. The average Bonchev–Trinajstić information content (AvgIpc) is 2.32. The van der Waals surface area contributed by atoms with Gasteiger partial charge in [-0.05, 0) is 43.9 Å². The highest BCUT2D eigenvalue weighted by Gasteiger charge is 2.27. The SMILES string of the molecule is O=C=NC1CCC(C2CC#CCC2)CC1. The zero-order valence-electron chi connectivity index (χ0n) is 9.04. The number of hydrogen-bond acceptors (Lipinski definition) is 2. The second kappa shape index (κ2) is 5.14. The third-order valence-electron chi connectivity index (χ3n) is 3.77. The number of rotatable bonds is 2. The van der Waals surface area contributed by atoms with Crippen LogP contribution >= 0.6 is 0 Å². The zero-order chi connectivity index (χ0) is 10.5. The summed E-state index contributed by atoms with van der Waals surface area (Å²) in [5.74, 6) is 8.04. The molecule has 0 aromatic heterocycles. The molecule has 0 radical (unpaired) electrons. The molecular formula is C13H17NO. The van der Waals surface area contributed by atoms with E-state index in [1.165, 1.54) is 19.3 Å². The Morgan fingerprint density at radius 2 is 1.80 bits per heavy atom. The molecule has 2 heteroatoms. The van der Waals surface area contributed by atoms with Crippen molar-refractivity contribution in [2.24, 2.45) is 16.8 Å². The molecule has 0 amide bonds. The molecule has 0 saturated heterocycles. The Kier molecular flexibility index (Phi) is 3.59. The minimum Gasteiger partial charge on any atom is -0.211 e. The monoisotopic (exact) mass is 203 g/mol. The van der Waals surface area contributed by atoms with Gasteiger partial charge in [-0.15, -0.1) is 11.8 Å². The first-order valence-corrected chi connectivity index (χ1v) is 5.93. The van der Waals surface area contributed by atoms with E-state index in [9.17, 15) is 4.79 Å². The summed E-state index contributed by atoms with van der Waals surface area (Å²) < 4.78 is 0. The van der Waals surface area contributed by atoms with Gasteiger partial charge in [-0.25, -0.2) is 9.79 Å². The molecule has 1 fully saturated rings. The molecule has 2 nitrogen and oxygen atoms in total. The molecule has 2 aliphatic carbocycles. The molecule has 0 spiro atoms. The molecule has 1 atom stereocenters. The number of nitrogens with zero attached hydrogens (tertiary/aromatic N) is 1. The molecule has 0 heterocycles. The fourth-order valence-electron chi connectivity index (χ4n) is 2.83. The van der Waals surface area contributed by atoms with E-state index in [0.29, 0.717) is 0 Å². The lowest BCUT2D eigenvalue weighted by Crippen LogP contribution is -2.24. The molecular weight excluding hydrogens is 186 g/mol. The Morgan fingerprint density at radius 1 is 1.00 bits per heavy atom. The van der Waals surface area contributed by atoms with E-state index in [1.54, 1.807) is 6.08 Å². The van der Waals surface area contributed by atoms with Crippen LogP contribution in [0.15, 0.2) is 4.99 Å². The van der Waals surface area contributed by atoms with Crippen LogP contribution in [0.5, 0.6) is 0 Å². The van der Waals surface area contributed by atoms with Crippen molar-refractivity contribution < 1.29 is 4.79 Å². The van der Waals surface area contributed by atoms with E-state index >= 15 is 0 Å². The van der Waals surface area contributed by atoms with Crippen molar-refractivity contribution in [2.45, 2.75) is 51.0 Å². The van der Waals surface area contributed by atoms with Gasteiger partial charge in [0.1, 0.15) is 0 Å². The van der Waals surface area contributed by atoms with Gasteiger partial charge < -0.3 is 0 Å². The lowest BCUT2D eigenvalue weighted by Gasteiger charge is -2.32. The van der Waals surface area contributed by atoms with Gasteiger partial charge in [0.2, 0.25) is 6.08 Å². The third-order valence-corrected chi connectivity index (χ3v) is 3.77. The third kappa shape index (κ3) is 2.70. The van der Waals surface area contributed by atoms with Gasteiger partial charge in [0.25, 0.3) is 0 Å². The highest BCUT2D eigenvalue weighted by atomic mass is 16.1. The van der Waals surface area contributed by atoms with Gasteiger partial charge in [0, 0.05) is 12.8 Å². The topological polar surface area (TPSA) is 29.4 Å². The Morgan fingerprint density at radius 3 is 2.40 bits per heavy atom. The van der Waals surface area contributed by atoms with Crippen molar-refractivity contribution in [1.29, 1.82) is 0 Å². The molecule has 0 aromatic carbocycles. The maximum Gasteiger partial charge on any atom is 0.235 e. The van der Waals surface area contributed by atoms with Crippen LogP contribution in [0, 0.1) is 23.7 Å². The molecule has 1 unspecified atom stereocenters. The predicted molar refractivity (Wildman–Crippen MR) is 59.0 cm³/mol. The highest BCUT2D eigenvalue weighted by Crippen LogP contribution is 2.35. The summed E-state index contributed by atoms with van der Waals surface area (Å²) in [4.78, 5) is 14.0. The summed E-state index contributed by atoms with van der Waals surface area (Å²) >= 11 is 0. The Bertz CT molecular complexity index is 311. The smallest absolute Gasteiger partial charge is 0.211 e. The van der Waals surface area contributed by atoms with Crippen molar-refractivity contribution in [1.82, 2.24) is 0 Å². The van der Waals surface area contributed by atoms with Crippen molar-refractivity contribution in [3.05, 3.63) is 0 Å².